The number of amides is 1. The van der Waals surface area contributed by atoms with Gasteiger partial charge in [-0.25, -0.2) is 9.59 Å². The standard InChI is InChI=1S/C26H49NO4/c1-7-10-13-19-16-20(14-11-8-2)22(21(17-19)15-12-9-3)18-23(24(28)29)27-25(30)31-26(4,5)6/h19-23H,7-18H2,1-6H3,(H,27,30)(H,28,29). The normalized spacial score (nSPS) is 25.1. The summed E-state index contributed by atoms with van der Waals surface area (Å²) in [6.45, 7) is 12.1. The zero-order chi connectivity index (χ0) is 23.4. The molecule has 0 spiro atoms. The van der Waals surface area contributed by atoms with Gasteiger partial charge in [0.25, 0.3) is 0 Å². The predicted molar refractivity (Wildman–Crippen MR) is 127 cm³/mol. The summed E-state index contributed by atoms with van der Waals surface area (Å²) < 4.78 is 5.34. The second-order valence-corrected chi connectivity index (χ2v) is 10.7. The van der Waals surface area contributed by atoms with Gasteiger partial charge in [-0.05, 0) is 63.7 Å². The van der Waals surface area contributed by atoms with Gasteiger partial charge in [0.15, 0.2) is 0 Å². The highest BCUT2D eigenvalue weighted by Crippen LogP contribution is 2.46. The minimum absolute atomic E-state index is 0.354. The number of carboxylic acid groups (broad SMARTS) is 1. The largest absolute Gasteiger partial charge is 0.480 e. The SMILES string of the molecule is CCCCC1CC(CCCC)C(CC(NC(=O)OC(C)(C)C)C(=O)O)C(CCCC)C1. The highest BCUT2D eigenvalue weighted by Gasteiger charge is 2.39. The molecule has 0 heterocycles. The molecule has 0 radical (unpaired) electrons. The van der Waals surface area contributed by atoms with Crippen LogP contribution in [0.1, 0.15) is 119 Å². The van der Waals surface area contributed by atoms with Gasteiger partial charge in [0.05, 0.1) is 0 Å². The fourth-order valence-electron chi connectivity index (χ4n) is 5.34. The van der Waals surface area contributed by atoms with Gasteiger partial charge in [-0.1, -0.05) is 78.6 Å². The molecule has 0 aromatic heterocycles. The van der Waals surface area contributed by atoms with E-state index in [-0.39, 0.29) is 0 Å². The van der Waals surface area contributed by atoms with Crippen LogP contribution in [0.2, 0.25) is 0 Å². The van der Waals surface area contributed by atoms with Gasteiger partial charge in [-0.15, -0.1) is 0 Å². The van der Waals surface area contributed by atoms with Crippen molar-refractivity contribution in [3.05, 3.63) is 0 Å². The first-order chi connectivity index (χ1) is 14.6. The molecular weight excluding hydrogens is 390 g/mol. The Bertz CT molecular complexity index is 510. The maximum atomic E-state index is 12.3. The van der Waals surface area contributed by atoms with E-state index in [2.05, 4.69) is 26.1 Å². The van der Waals surface area contributed by atoms with Gasteiger partial charge < -0.3 is 15.2 Å². The Morgan fingerprint density at radius 2 is 1.42 bits per heavy atom. The van der Waals surface area contributed by atoms with Gasteiger partial charge in [0.2, 0.25) is 0 Å². The number of aliphatic carboxylic acids is 1. The van der Waals surface area contributed by atoms with Crippen molar-refractivity contribution in [3.63, 3.8) is 0 Å². The molecule has 2 N–H and O–H groups in total. The Balaban J connectivity index is 3.00. The van der Waals surface area contributed by atoms with E-state index in [0.29, 0.717) is 24.2 Å². The van der Waals surface area contributed by atoms with Gasteiger partial charge in [0.1, 0.15) is 11.6 Å². The molecule has 0 aromatic carbocycles. The lowest BCUT2D eigenvalue weighted by atomic mass is 9.62. The third-order valence-corrected chi connectivity index (χ3v) is 6.80. The molecule has 1 aliphatic rings. The van der Waals surface area contributed by atoms with E-state index in [1.54, 1.807) is 20.8 Å². The minimum atomic E-state index is -0.956. The van der Waals surface area contributed by atoms with Gasteiger partial charge in [-0.2, -0.15) is 0 Å². The second kappa shape index (κ2) is 14.0. The third-order valence-electron chi connectivity index (χ3n) is 6.80. The number of carbonyl (C=O) groups is 2. The number of carboxylic acids is 1. The summed E-state index contributed by atoms with van der Waals surface area (Å²) in [6.07, 6.45) is 13.2. The van der Waals surface area contributed by atoms with E-state index < -0.39 is 23.7 Å². The molecule has 5 nitrogen and oxygen atoms in total. The topological polar surface area (TPSA) is 75.6 Å². The number of rotatable bonds is 13. The molecule has 31 heavy (non-hydrogen) atoms. The van der Waals surface area contributed by atoms with Crippen molar-refractivity contribution in [1.82, 2.24) is 5.32 Å². The Hall–Kier alpha value is -1.26. The van der Waals surface area contributed by atoms with Crippen LogP contribution in [-0.2, 0) is 9.53 Å². The lowest BCUT2D eigenvalue weighted by Gasteiger charge is -2.44. The van der Waals surface area contributed by atoms with Gasteiger partial charge >= 0.3 is 12.1 Å². The number of alkyl carbamates (subject to hydrolysis) is 1. The summed E-state index contributed by atoms with van der Waals surface area (Å²) in [5.41, 5.74) is -0.641. The van der Waals surface area contributed by atoms with Crippen molar-refractivity contribution in [2.24, 2.45) is 23.7 Å². The number of hydrogen-bond donors (Lipinski definition) is 2. The smallest absolute Gasteiger partial charge is 0.408 e. The van der Waals surface area contributed by atoms with Crippen LogP contribution in [0.15, 0.2) is 0 Å². The van der Waals surface area contributed by atoms with Gasteiger partial charge in [0, 0.05) is 0 Å². The van der Waals surface area contributed by atoms with Crippen molar-refractivity contribution in [1.29, 1.82) is 0 Å². The Morgan fingerprint density at radius 3 is 1.84 bits per heavy atom. The molecule has 1 rings (SSSR count). The summed E-state index contributed by atoms with van der Waals surface area (Å²) in [4.78, 5) is 24.3. The molecule has 1 saturated carbocycles. The fraction of sp³-hybridized carbons (Fsp3) is 0.923. The number of ether oxygens (including phenoxy) is 1. The second-order valence-electron chi connectivity index (χ2n) is 10.7. The van der Waals surface area contributed by atoms with E-state index in [0.717, 1.165) is 5.92 Å². The van der Waals surface area contributed by atoms with Crippen LogP contribution in [0, 0.1) is 23.7 Å². The number of hydrogen-bond acceptors (Lipinski definition) is 3. The van der Waals surface area contributed by atoms with Crippen molar-refractivity contribution in [3.8, 4) is 0 Å². The zero-order valence-corrected chi connectivity index (χ0v) is 21.0. The average Bonchev–Trinajstić information content (AvgIpc) is 2.68. The number of unbranched alkanes of at least 4 members (excludes halogenated alkanes) is 3. The van der Waals surface area contributed by atoms with Crippen LogP contribution in [0.3, 0.4) is 0 Å². The fourth-order valence-corrected chi connectivity index (χ4v) is 5.34. The highest BCUT2D eigenvalue weighted by molar-refractivity contribution is 5.80. The first kappa shape index (κ1) is 27.8. The molecular formula is C26H49NO4. The number of nitrogens with one attached hydrogen (secondary N) is 1. The molecule has 0 bridgehead atoms. The maximum absolute atomic E-state index is 12.3. The highest BCUT2D eigenvalue weighted by atomic mass is 16.6. The molecule has 1 aliphatic carbocycles. The van der Waals surface area contributed by atoms with Crippen LogP contribution in [0.4, 0.5) is 4.79 Å². The van der Waals surface area contributed by atoms with E-state index in [1.807, 2.05) is 0 Å². The van der Waals surface area contributed by atoms with E-state index in [4.69, 9.17) is 4.74 Å². The molecule has 3 atom stereocenters. The van der Waals surface area contributed by atoms with Gasteiger partial charge in [-0.3, -0.25) is 0 Å². The molecule has 0 saturated heterocycles. The van der Waals surface area contributed by atoms with Crippen LogP contribution in [0.25, 0.3) is 0 Å². The van der Waals surface area contributed by atoms with Crippen molar-refractivity contribution < 1.29 is 19.4 Å². The molecule has 5 heteroatoms. The Labute approximate surface area is 191 Å². The van der Waals surface area contributed by atoms with Crippen molar-refractivity contribution >= 4 is 12.1 Å². The van der Waals surface area contributed by atoms with E-state index >= 15 is 0 Å². The molecule has 182 valence electrons. The summed E-state index contributed by atoms with van der Waals surface area (Å²) >= 11 is 0. The maximum Gasteiger partial charge on any atom is 0.408 e. The third kappa shape index (κ3) is 10.7. The summed E-state index contributed by atoms with van der Waals surface area (Å²) in [5.74, 6) is 1.27. The van der Waals surface area contributed by atoms with Crippen LogP contribution >= 0.6 is 0 Å². The van der Waals surface area contributed by atoms with Crippen molar-refractivity contribution in [2.45, 2.75) is 130 Å². The molecule has 3 unspecified atom stereocenters. The van der Waals surface area contributed by atoms with Crippen LogP contribution in [0.5, 0.6) is 0 Å². The monoisotopic (exact) mass is 439 g/mol. The summed E-state index contributed by atoms with van der Waals surface area (Å²) in [6, 6.07) is -0.889. The number of carbonyl (C=O) groups excluding carboxylic acids is 1. The average molecular weight is 440 g/mol. The summed E-state index contributed by atoms with van der Waals surface area (Å²) in [7, 11) is 0. The Morgan fingerprint density at radius 1 is 0.935 bits per heavy atom. The first-order valence-electron chi connectivity index (χ1n) is 12.8. The molecule has 1 amide bonds. The molecule has 0 aliphatic heterocycles. The Kier molecular flexibility index (Phi) is 12.5. The van der Waals surface area contributed by atoms with Crippen LogP contribution in [-0.4, -0.2) is 28.8 Å². The minimum Gasteiger partial charge on any atom is -0.480 e. The molecule has 0 aromatic rings. The van der Waals surface area contributed by atoms with E-state index in [9.17, 15) is 14.7 Å². The summed E-state index contributed by atoms with van der Waals surface area (Å²) in [5, 5.41) is 12.5. The van der Waals surface area contributed by atoms with Crippen LogP contribution < -0.4 is 5.32 Å². The lowest BCUT2D eigenvalue weighted by Crippen LogP contribution is -2.46. The van der Waals surface area contributed by atoms with E-state index in [1.165, 1.54) is 70.6 Å². The molecule has 1 fully saturated rings. The lowest BCUT2D eigenvalue weighted by molar-refractivity contribution is -0.140. The first-order valence-corrected chi connectivity index (χ1v) is 12.8. The van der Waals surface area contributed by atoms with Crippen molar-refractivity contribution in [2.75, 3.05) is 0 Å². The zero-order valence-electron chi connectivity index (χ0n) is 21.0. The predicted octanol–water partition coefficient (Wildman–Crippen LogP) is 7.18. The quantitative estimate of drug-likeness (QED) is 0.318.